The molecule has 7 heteroatoms. The van der Waals surface area contributed by atoms with E-state index in [0.717, 1.165) is 21.8 Å². The molecule has 0 unspecified atom stereocenters. The van der Waals surface area contributed by atoms with Gasteiger partial charge in [0.1, 0.15) is 11.6 Å². The standard InChI is InChI=1S/C12H20BrN3O3/c1-14-12-11(13)9(8-18-3)15-10(16-12)4-5-19-7-6-17-2/h4-8H2,1-3H3,(H,14,15,16). The van der Waals surface area contributed by atoms with Gasteiger partial charge in [-0.3, -0.25) is 0 Å². The van der Waals surface area contributed by atoms with E-state index < -0.39 is 0 Å². The molecule has 0 spiro atoms. The number of halogens is 1. The lowest BCUT2D eigenvalue weighted by molar-refractivity contribution is 0.0716. The van der Waals surface area contributed by atoms with Gasteiger partial charge in [0, 0.05) is 27.7 Å². The summed E-state index contributed by atoms with van der Waals surface area (Å²) in [5, 5.41) is 3.03. The minimum absolute atomic E-state index is 0.440. The molecule has 0 radical (unpaired) electrons. The average molecular weight is 334 g/mol. The van der Waals surface area contributed by atoms with Crippen molar-refractivity contribution in [1.82, 2.24) is 9.97 Å². The van der Waals surface area contributed by atoms with Crippen LogP contribution in [0.3, 0.4) is 0 Å². The molecule has 1 rings (SSSR count). The lowest BCUT2D eigenvalue weighted by Gasteiger charge is -2.10. The van der Waals surface area contributed by atoms with Crippen molar-refractivity contribution < 1.29 is 14.2 Å². The summed E-state index contributed by atoms with van der Waals surface area (Å²) in [6, 6.07) is 0. The van der Waals surface area contributed by atoms with Crippen molar-refractivity contribution in [3.63, 3.8) is 0 Å². The van der Waals surface area contributed by atoms with Crippen LogP contribution in [0, 0.1) is 0 Å². The van der Waals surface area contributed by atoms with Crippen molar-refractivity contribution in [2.45, 2.75) is 13.0 Å². The van der Waals surface area contributed by atoms with Crippen LogP contribution in [0.2, 0.25) is 0 Å². The molecule has 1 aromatic heterocycles. The number of nitrogens with zero attached hydrogens (tertiary/aromatic N) is 2. The Hall–Kier alpha value is -0.760. The van der Waals surface area contributed by atoms with Crippen LogP contribution < -0.4 is 5.32 Å². The molecule has 6 nitrogen and oxygen atoms in total. The number of ether oxygens (including phenoxy) is 3. The Morgan fingerprint density at radius 1 is 1.11 bits per heavy atom. The summed E-state index contributed by atoms with van der Waals surface area (Å²) in [5.74, 6) is 1.49. The molecule has 0 bridgehead atoms. The number of nitrogens with one attached hydrogen (secondary N) is 1. The quantitative estimate of drug-likeness (QED) is 0.693. The maximum Gasteiger partial charge on any atom is 0.144 e. The van der Waals surface area contributed by atoms with Crippen LogP contribution in [-0.2, 0) is 27.2 Å². The molecule has 19 heavy (non-hydrogen) atoms. The van der Waals surface area contributed by atoms with Crippen molar-refractivity contribution in [2.75, 3.05) is 46.4 Å². The highest BCUT2D eigenvalue weighted by atomic mass is 79.9. The van der Waals surface area contributed by atoms with E-state index >= 15 is 0 Å². The van der Waals surface area contributed by atoms with E-state index in [0.29, 0.717) is 32.8 Å². The Labute approximate surface area is 122 Å². The summed E-state index contributed by atoms with van der Waals surface area (Å²) < 4.78 is 16.3. The summed E-state index contributed by atoms with van der Waals surface area (Å²) in [5.41, 5.74) is 0.828. The number of hydrogen-bond acceptors (Lipinski definition) is 6. The van der Waals surface area contributed by atoms with E-state index in [1.54, 1.807) is 14.2 Å². The minimum atomic E-state index is 0.440. The molecule has 0 atom stereocenters. The molecular formula is C12H20BrN3O3. The van der Waals surface area contributed by atoms with E-state index in [-0.39, 0.29) is 0 Å². The second-order valence-electron chi connectivity index (χ2n) is 3.79. The first-order valence-corrected chi connectivity index (χ1v) is 6.80. The van der Waals surface area contributed by atoms with Crippen LogP contribution in [0.25, 0.3) is 0 Å². The smallest absolute Gasteiger partial charge is 0.144 e. The summed E-state index contributed by atoms with van der Waals surface area (Å²) in [6.45, 7) is 2.19. The van der Waals surface area contributed by atoms with Crippen molar-refractivity contribution in [1.29, 1.82) is 0 Å². The zero-order valence-corrected chi connectivity index (χ0v) is 13.1. The van der Waals surface area contributed by atoms with Gasteiger partial charge in [-0.25, -0.2) is 9.97 Å². The fourth-order valence-corrected chi connectivity index (χ4v) is 1.95. The fourth-order valence-electron chi connectivity index (χ4n) is 1.46. The predicted molar refractivity (Wildman–Crippen MR) is 76.4 cm³/mol. The first kappa shape index (κ1) is 16.3. The number of hydrogen-bond donors (Lipinski definition) is 1. The summed E-state index contributed by atoms with van der Waals surface area (Å²) in [6.07, 6.45) is 0.655. The van der Waals surface area contributed by atoms with Crippen LogP contribution in [0.4, 0.5) is 5.82 Å². The molecule has 0 amide bonds. The SMILES string of the molecule is CNc1nc(CCOCCOC)nc(COC)c1Br. The molecule has 108 valence electrons. The van der Waals surface area contributed by atoms with Gasteiger partial charge in [-0.2, -0.15) is 0 Å². The van der Waals surface area contributed by atoms with Crippen molar-refractivity contribution >= 4 is 21.7 Å². The molecule has 0 aromatic carbocycles. The van der Waals surface area contributed by atoms with Gasteiger partial charge in [-0.15, -0.1) is 0 Å². The third-order valence-corrected chi connectivity index (χ3v) is 3.22. The molecule has 0 aliphatic heterocycles. The fraction of sp³-hybridized carbons (Fsp3) is 0.667. The minimum Gasteiger partial charge on any atom is -0.382 e. The van der Waals surface area contributed by atoms with E-state index in [4.69, 9.17) is 14.2 Å². The van der Waals surface area contributed by atoms with Crippen molar-refractivity contribution in [3.05, 3.63) is 16.0 Å². The molecule has 1 aromatic rings. The highest BCUT2D eigenvalue weighted by Crippen LogP contribution is 2.23. The topological polar surface area (TPSA) is 65.5 Å². The van der Waals surface area contributed by atoms with Crippen LogP contribution in [0.5, 0.6) is 0 Å². The molecule has 0 saturated carbocycles. The van der Waals surface area contributed by atoms with Gasteiger partial charge in [0.2, 0.25) is 0 Å². The largest absolute Gasteiger partial charge is 0.382 e. The van der Waals surface area contributed by atoms with Gasteiger partial charge < -0.3 is 19.5 Å². The van der Waals surface area contributed by atoms with Gasteiger partial charge in [0.05, 0.1) is 36.6 Å². The maximum atomic E-state index is 5.41. The monoisotopic (exact) mass is 333 g/mol. The van der Waals surface area contributed by atoms with Crippen LogP contribution in [-0.4, -0.2) is 51.1 Å². The van der Waals surface area contributed by atoms with Crippen molar-refractivity contribution in [3.8, 4) is 0 Å². The second kappa shape index (κ2) is 9.19. The van der Waals surface area contributed by atoms with Gasteiger partial charge >= 0.3 is 0 Å². The maximum absolute atomic E-state index is 5.41. The number of methoxy groups -OCH3 is 2. The summed E-state index contributed by atoms with van der Waals surface area (Å²) >= 11 is 3.46. The number of anilines is 1. The molecular weight excluding hydrogens is 314 g/mol. The molecule has 0 aliphatic rings. The number of rotatable bonds is 9. The average Bonchev–Trinajstić information content (AvgIpc) is 2.42. The zero-order valence-electron chi connectivity index (χ0n) is 11.5. The summed E-state index contributed by atoms with van der Waals surface area (Å²) in [7, 11) is 5.11. The van der Waals surface area contributed by atoms with E-state index in [9.17, 15) is 0 Å². The lowest BCUT2D eigenvalue weighted by atomic mass is 10.3. The third-order valence-electron chi connectivity index (χ3n) is 2.39. The zero-order chi connectivity index (χ0) is 14.1. The Bertz CT molecular complexity index is 391. The molecule has 1 N–H and O–H groups in total. The Morgan fingerprint density at radius 3 is 2.53 bits per heavy atom. The highest BCUT2D eigenvalue weighted by molar-refractivity contribution is 9.10. The summed E-state index contributed by atoms with van der Waals surface area (Å²) in [4.78, 5) is 8.87. The normalized spacial score (nSPS) is 10.7. The number of aromatic nitrogens is 2. The first-order chi connectivity index (χ1) is 9.22. The lowest BCUT2D eigenvalue weighted by Crippen LogP contribution is -2.10. The van der Waals surface area contributed by atoms with Gasteiger partial charge in [0.15, 0.2) is 0 Å². The Morgan fingerprint density at radius 2 is 1.89 bits per heavy atom. The molecule has 0 fully saturated rings. The Balaban J connectivity index is 2.64. The molecule has 0 aliphatic carbocycles. The first-order valence-electron chi connectivity index (χ1n) is 6.01. The van der Waals surface area contributed by atoms with Crippen LogP contribution in [0.1, 0.15) is 11.5 Å². The highest BCUT2D eigenvalue weighted by Gasteiger charge is 2.11. The van der Waals surface area contributed by atoms with Gasteiger partial charge in [0.25, 0.3) is 0 Å². The van der Waals surface area contributed by atoms with E-state index in [1.807, 2.05) is 7.05 Å². The van der Waals surface area contributed by atoms with E-state index in [1.165, 1.54) is 0 Å². The second-order valence-corrected chi connectivity index (χ2v) is 4.58. The van der Waals surface area contributed by atoms with E-state index in [2.05, 4.69) is 31.2 Å². The molecule has 0 saturated heterocycles. The third kappa shape index (κ3) is 5.40. The van der Waals surface area contributed by atoms with Crippen molar-refractivity contribution in [2.24, 2.45) is 0 Å². The predicted octanol–water partition coefficient (Wildman–Crippen LogP) is 1.63. The van der Waals surface area contributed by atoms with Crippen LogP contribution >= 0.6 is 15.9 Å². The Kier molecular flexibility index (Phi) is 7.88. The van der Waals surface area contributed by atoms with Crippen LogP contribution in [0.15, 0.2) is 4.47 Å². The molecule has 1 heterocycles. The van der Waals surface area contributed by atoms with Gasteiger partial charge in [-0.1, -0.05) is 0 Å². The van der Waals surface area contributed by atoms with Gasteiger partial charge in [-0.05, 0) is 15.9 Å².